The lowest BCUT2D eigenvalue weighted by Gasteiger charge is -2.18. The minimum atomic E-state index is -0.134. The van der Waals surface area contributed by atoms with E-state index >= 15 is 0 Å². The average molecular weight is 296 g/mol. The highest BCUT2D eigenvalue weighted by atomic mass is 35.5. The Morgan fingerprint density at radius 3 is 2.42 bits per heavy atom. The molecule has 0 radical (unpaired) electrons. The summed E-state index contributed by atoms with van der Waals surface area (Å²) >= 11 is 11.9. The number of pyridine rings is 2. The molecule has 0 aromatic carbocycles. The maximum absolute atomic E-state index is 12.2. The van der Waals surface area contributed by atoms with Gasteiger partial charge in [-0.25, -0.2) is 9.97 Å². The summed E-state index contributed by atoms with van der Waals surface area (Å²) in [6.45, 7) is 0. The zero-order valence-electron chi connectivity index (χ0n) is 10.2. The molecule has 6 heteroatoms. The van der Waals surface area contributed by atoms with Gasteiger partial charge in [-0.05, 0) is 23.8 Å². The van der Waals surface area contributed by atoms with Crippen molar-refractivity contribution in [3.63, 3.8) is 0 Å². The predicted molar refractivity (Wildman–Crippen MR) is 75.6 cm³/mol. The van der Waals surface area contributed by atoms with Crippen molar-refractivity contribution in [1.29, 1.82) is 0 Å². The second kappa shape index (κ2) is 5.99. The Hall–Kier alpha value is -1.65. The molecule has 4 nitrogen and oxygen atoms in total. The highest BCUT2D eigenvalue weighted by molar-refractivity contribution is 6.32. The maximum Gasteiger partial charge on any atom is 0.231 e. The Bertz CT molecular complexity index is 604. The summed E-state index contributed by atoms with van der Waals surface area (Å²) in [5, 5.41) is 0.622. The number of carbonyl (C=O) groups is 1. The van der Waals surface area contributed by atoms with Crippen molar-refractivity contribution >= 4 is 34.8 Å². The summed E-state index contributed by atoms with van der Waals surface area (Å²) in [6.07, 6.45) is 3.31. The van der Waals surface area contributed by atoms with Gasteiger partial charge in [0.15, 0.2) is 5.15 Å². The van der Waals surface area contributed by atoms with Crippen LogP contribution in [0.25, 0.3) is 0 Å². The first-order valence-electron chi connectivity index (χ1n) is 5.56. The van der Waals surface area contributed by atoms with Crippen molar-refractivity contribution in [2.45, 2.75) is 6.42 Å². The first-order valence-corrected chi connectivity index (χ1v) is 6.31. The second-order valence-corrected chi connectivity index (χ2v) is 4.61. The van der Waals surface area contributed by atoms with E-state index < -0.39 is 0 Å². The van der Waals surface area contributed by atoms with Crippen LogP contribution in [0.2, 0.25) is 10.3 Å². The zero-order valence-corrected chi connectivity index (χ0v) is 11.7. The van der Waals surface area contributed by atoms with Gasteiger partial charge in [-0.15, -0.1) is 0 Å². The first-order chi connectivity index (χ1) is 9.09. The van der Waals surface area contributed by atoms with Crippen LogP contribution in [0.1, 0.15) is 5.56 Å². The molecule has 0 aliphatic heterocycles. The van der Waals surface area contributed by atoms with Gasteiger partial charge in [0.25, 0.3) is 0 Å². The van der Waals surface area contributed by atoms with Crippen LogP contribution < -0.4 is 4.90 Å². The molecule has 0 spiro atoms. The third kappa shape index (κ3) is 3.22. The number of halogens is 2. The molecule has 2 aromatic rings. The Morgan fingerprint density at radius 1 is 1.16 bits per heavy atom. The third-order valence-electron chi connectivity index (χ3n) is 2.65. The molecule has 0 saturated carbocycles. The van der Waals surface area contributed by atoms with Crippen molar-refractivity contribution in [2.24, 2.45) is 0 Å². The van der Waals surface area contributed by atoms with Gasteiger partial charge in [0, 0.05) is 19.4 Å². The average Bonchev–Trinajstić information content (AvgIpc) is 2.41. The zero-order chi connectivity index (χ0) is 13.8. The van der Waals surface area contributed by atoms with E-state index in [9.17, 15) is 4.79 Å². The molecule has 1 amide bonds. The summed E-state index contributed by atoms with van der Waals surface area (Å²) in [5.74, 6) is -0.134. The fraction of sp³-hybridized carbons (Fsp3) is 0.154. The van der Waals surface area contributed by atoms with Crippen LogP contribution in [0.15, 0.2) is 36.7 Å². The third-order valence-corrected chi connectivity index (χ3v) is 3.28. The number of aromatic nitrogens is 2. The fourth-order valence-electron chi connectivity index (χ4n) is 1.59. The van der Waals surface area contributed by atoms with Crippen LogP contribution in [-0.2, 0) is 11.2 Å². The number of likely N-dealkylation sites (N-methyl/N-ethyl adjacent to an activating group) is 1. The number of rotatable bonds is 3. The molecule has 0 fully saturated rings. The monoisotopic (exact) mass is 295 g/mol. The lowest BCUT2D eigenvalue weighted by Crippen LogP contribution is -2.28. The molecule has 0 atom stereocenters. The molecule has 98 valence electrons. The normalized spacial score (nSPS) is 10.3. The standard InChI is InChI=1S/C13H11Cl2N3O/c1-18(10-5-3-7-17-13(10)15)11(19)8-9-4-2-6-16-12(9)14/h2-7H,8H2,1H3. The molecule has 0 aliphatic rings. The van der Waals surface area contributed by atoms with E-state index in [2.05, 4.69) is 9.97 Å². The molecule has 2 rings (SSSR count). The number of nitrogens with zero attached hydrogens (tertiary/aromatic N) is 3. The topological polar surface area (TPSA) is 46.1 Å². The number of hydrogen-bond donors (Lipinski definition) is 0. The molecule has 2 aromatic heterocycles. The van der Waals surface area contributed by atoms with Gasteiger partial charge in [0.1, 0.15) is 5.15 Å². The van der Waals surface area contributed by atoms with E-state index in [1.54, 1.807) is 43.7 Å². The quantitative estimate of drug-likeness (QED) is 0.818. The second-order valence-electron chi connectivity index (χ2n) is 3.90. The van der Waals surface area contributed by atoms with Crippen LogP contribution in [0, 0.1) is 0 Å². The van der Waals surface area contributed by atoms with Crippen molar-refractivity contribution in [2.75, 3.05) is 11.9 Å². The van der Waals surface area contributed by atoms with E-state index in [1.165, 1.54) is 4.90 Å². The number of amides is 1. The largest absolute Gasteiger partial charge is 0.312 e. The molecule has 19 heavy (non-hydrogen) atoms. The fourth-order valence-corrected chi connectivity index (χ4v) is 2.03. The minimum Gasteiger partial charge on any atom is -0.312 e. The molecule has 0 aliphatic carbocycles. The van der Waals surface area contributed by atoms with E-state index in [-0.39, 0.29) is 17.5 Å². The van der Waals surface area contributed by atoms with Gasteiger partial charge in [-0.2, -0.15) is 0 Å². The van der Waals surface area contributed by atoms with Gasteiger partial charge >= 0.3 is 0 Å². The molecule has 2 heterocycles. The Labute approximate surface area is 121 Å². The van der Waals surface area contributed by atoms with Gasteiger partial charge in [0.2, 0.25) is 5.91 Å². The van der Waals surface area contributed by atoms with E-state index in [1.807, 2.05) is 0 Å². The van der Waals surface area contributed by atoms with Crippen molar-refractivity contribution in [1.82, 2.24) is 9.97 Å². The van der Waals surface area contributed by atoms with Gasteiger partial charge in [0.05, 0.1) is 12.1 Å². The predicted octanol–water partition coefficient (Wildman–Crippen LogP) is 2.99. The summed E-state index contributed by atoms with van der Waals surface area (Å²) in [7, 11) is 1.65. The molecule has 0 bridgehead atoms. The van der Waals surface area contributed by atoms with E-state index in [0.717, 1.165) is 0 Å². The summed E-state index contributed by atoms with van der Waals surface area (Å²) in [6, 6.07) is 6.97. The summed E-state index contributed by atoms with van der Waals surface area (Å²) in [4.78, 5) is 21.5. The maximum atomic E-state index is 12.2. The molecular weight excluding hydrogens is 285 g/mol. The number of anilines is 1. The van der Waals surface area contributed by atoms with Crippen molar-refractivity contribution < 1.29 is 4.79 Å². The number of hydrogen-bond acceptors (Lipinski definition) is 3. The van der Waals surface area contributed by atoms with Crippen LogP contribution in [-0.4, -0.2) is 22.9 Å². The van der Waals surface area contributed by atoms with Gasteiger partial charge in [-0.1, -0.05) is 29.3 Å². The minimum absolute atomic E-state index is 0.134. The SMILES string of the molecule is CN(C(=O)Cc1cccnc1Cl)c1cccnc1Cl. The highest BCUT2D eigenvalue weighted by Crippen LogP contribution is 2.22. The molecule has 0 unspecified atom stereocenters. The number of carbonyl (C=O) groups excluding carboxylic acids is 1. The van der Waals surface area contributed by atoms with Crippen molar-refractivity contribution in [3.8, 4) is 0 Å². The van der Waals surface area contributed by atoms with Crippen LogP contribution in [0.5, 0.6) is 0 Å². The summed E-state index contributed by atoms with van der Waals surface area (Å²) in [5.41, 5.74) is 1.25. The Morgan fingerprint density at radius 2 is 1.79 bits per heavy atom. The lowest BCUT2D eigenvalue weighted by molar-refractivity contribution is -0.117. The first kappa shape index (κ1) is 13.8. The van der Waals surface area contributed by atoms with Gasteiger partial charge in [-0.3, -0.25) is 4.79 Å². The van der Waals surface area contributed by atoms with E-state index in [0.29, 0.717) is 16.4 Å². The Balaban J connectivity index is 2.17. The van der Waals surface area contributed by atoms with Crippen LogP contribution in [0.3, 0.4) is 0 Å². The molecular formula is C13H11Cl2N3O. The highest BCUT2D eigenvalue weighted by Gasteiger charge is 2.16. The Kier molecular flexibility index (Phi) is 4.35. The van der Waals surface area contributed by atoms with Crippen molar-refractivity contribution in [3.05, 3.63) is 52.5 Å². The van der Waals surface area contributed by atoms with Gasteiger partial charge < -0.3 is 4.90 Å². The molecule has 0 saturated heterocycles. The van der Waals surface area contributed by atoms with Crippen LogP contribution >= 0.6 is 23.2 Å². The lowest BCUT2D eigenvalue weighted by atomic mass is 10.2. The smallest absolute Gasteiger partial charge is 0.231 e. The van der Waals surface area contributed by atoms with E-state index in [4.69, 9.17) is 23.2 Å². The summed E-state index contributed by atoms with van der Waals surface area (Å²) < 4.78 is 0. The van der Waals surface area contributed by atoms with Crippen LogP contribution in [0.4, 0.5) is 5.69 Å². The molecule has 0 N–H and O–H groups in total.